The van der Waals surface area contributed by atoms with Crippen LogP contribution in [0.5, 0.6) is 11.5 Å². The van der Waals surface area contributed by atoms with Gasteiger partial charge in [-0.05, 0) is 37.1 Å². The molecule has 1 unspecified atom stereocenters. The Morgan fingerprint density at radius 1 is 1.00 bits per heavy atom. The highest BCUT2D eigenvalue weighted by atomic mass is 16.9. The zero-order valence-corrected chi connectivity index (χ0v) is 12.5. The number of ether oxygens (including phenoxy) is 3. The smallest absolute Gasteiger partial charge is 0.450 e. The van der Waals surface area contributed by atoms with Gasteiger partial charge in [-0.3, -0.25) is 4.79 Å². The molecular formula is C17H14O6. The molecule has 1 aliphatic heterocycles. The summed E-state index contributed by atoms with van der Waals surface area (Å²) in [4.78, 5) is 23.3. The summed E-state index contributed by atoms with van der Waals surface area (Å²) in [5, 5.41) is 8.59. The molecule has 1 heterocycles. The SMILES string of the molecule is Cc1ccccc1C(=O)c1cc2c(cc1C)OC(OC(=O)O)O2. The van der Waals surface area contributed by atoms with Crippen LogP contribution in [-0.2, 0) is 4.74 Å². The number of carboxylic acid groups (broad SMARTS) is 1. The maximum Gasteiger partial charge on any atom is 0.511 e. The molecule has 0 radical (unpaired) electrons. The van der Waals surface area contributed by atoms with Gasteiger partial charge in [0, 0.05) is 11.1 Å². The summed E-state index contributed by atoms with van der Waals surface area (Å²) >= 11 is 0. The molecule has 0 fully saturated rings. The van der Waals surface area contributed by atoms with Crippen LogP contribution in [0.3, 0.4) is 0 Å². The van der Waals surface area contributed by atoms with Crippen LogP contribution in [0.2, 0.25) is 0 Å². The monoisotopic (exact) mass is 314 g/mol. The molecule has 2 aromatic rings. The largest absolute Gasteiger partial charge is 0.511 e. The van der Waals surface area contributed by atoms with Gasteiger partial charge in [0.15, 0.2) is 17.3 Å². The van der Waals surface area contributed by atoms with Gasteiger partial charge in [0.1, 0.15) is 0 Å². The lowest BCUT2D eigenvalue weighted by Crippen LogP contribution is -2.24. The van der Waals surface area contributed by atoms with E-state index in [1.165, 1.54) is 0 Å². The van der Waals surface area contributed by atoms with Crippen LogP contribution < -0.4 is 9.47 Å². The summed E-state index contributed by atoms with van der Waals surface area (Å²) in [7, 11) is 0. The maximum absolute atomic E-state index is 12.7. The Morgan fingerprint density at radius 3 is 2.30 bits per heavy atom. The van der Waals surface area contributed by atoms with Crippen molar-refractivity contribution in [3.05, 3.63) is 58.7 Å². The van der Waals surface area contributed by atoms with Crippen LogP contribution in [0, 0.1) is 13.8 Å². The van der Waals surface area contributed by atoms with Crippen LogP contribution in [0.1, 0.15) is 27.0 Å². The van der Waals surface area contributed by atoms with Crippen molar-refractivity contribution in [2.75, 3.05) is 0 Å². The van der Waals surface area contributed by atoms with Crippen LogP contribution in [-0.4, -0.2) is 23.5 Å². The number of hydrogen-bond donors (Lipinski definition) is 1. The summed E-state index contributed by atoms with van der Waals surface area (Å²) in [5.74, 6) is 0.489. The Morgan fingerprint density at radius 2 is 1.65 bits per heavy atom. The van der Waals surface area contributed by atoms with Gasteiger partial charge in [-0.1, -0.05) is 24.3 Å². The molecule has 0 saturated heterocycles. The maximum atomic E-state index is 12.7. The molecule has 23 heavy (non-hydrogen) atoms. The molecule has 0 bridgehead atoms. The fraction of sp³-hybridized carbons (Fsp3) is 0.176. The van der Waals surface area contributed by atoms with E-state index in [9.17, 15) is 9.59 Å². The highest BCUT2D eigenvalue weighted by Gasteiger charge is 2.29. The van der Waals surface area contributed by atoms with Gasteiger partial charge in [-0.25, -0.2) is 4.79 Å². The number of carbonyl (C=O) groups is 2. The number of rotatable bonds is 3. The molecule has 0 aromatic heterocycles. The number of carbonyl (C=O) groups excluding carboxylic acids is 1. The predicted molar refractivity (Wildman–Crippen MR) is 79.9 cm³/mol. The molecule has 0 aliphatic carbocycles. The van der Waals surface area contributed by atoms with Gasteiger partial charge in [-0.2, -0.15) is 0 Å². The first kappa shape index (κ1) is 14.9. The van der Waals surface area contributed by atoms with Crippen LogP contribution in [0.4, 0.5) is 4.79 Å². The average Bonchev–Trinajstić information content (AvgIpc) is 2.86. The summed E-state index contributed by atoms with van der Waals surface area (Å²) < 4.78 is 14.9. The summed E-state index contributed by atoms with van der Waals surface area (Å²) in [5.41, 5.74) is 2.66. The number of hydrogen-bond acceptors (Lipinski definition) is 5. The molecule has 1 atom stereocenters. The molecular weight excluding hydrogens is 300 g/mol. The zero-order valence-electron chi connectivity index (χ0n) is 12.5. The minimum atomic E-state index is -1.50. The molecule has 0 amide bonds. The lowest BCUT2D eigenvalue weighted by atomic mass is 9.96. The van der Waals surface area contributed by atoms with Gasteiger partial charge in [0.25, 0.3) is 0 Å². The molecule has 3 rings (SSSR count). The van der Waals surface area contributed by atoms with Crippen LogP contribution in [0.15, 0.2) is 36.4 Å². The molecule has 6 nitrogen and oxygen atoms in total. The van der Waals surface area contributed by atoms with Crippen molar-refractivity contribution in [2.24, 2.45) is 0 Å². The first-order valence-corrected chi connectivity index (χ1v) is 6.93. The summed E-state index contributed by atoms with van der Waals surface area (Å²) in [6.07, 6.45) is -1.50. The molecule has 118 valence electrons. The third-order valence-electron chi connectivity index (χ3n) is 3.57. The highest BCUT2D eigenvalue weighted by Crippen LogP contribution is 2.38. The Bertz CT molecular complexity index is 796. The molecule has 6 heteroatoms. The first-order valence-electron chi connectivity index (χ1n) is 6.93. The Kier molecular flexibility index (Phi) is 3.65. The number of fused-ring (bicyclic) bond motifs is 1. The molecule has 1 N–H and O–H groups in total. The topological polar surface area (TPSA) is 82.1 Å². The van der Waals surface area contributed by atoms with Gasteiger partial charge in [0.05, 0.1) is 0 Å². The van der Waals surface area contributed by atoms with Crippen molar-refractivity contribution in [2.45, 2.75) is 20.3 Å². The number of benzene rings is 2. The fourth-order valence-electron chi connectivity index (χ4n) is 2.42. The van der Waals surface area contributed by atoms with Gasteiger partial charge < -0.3 is 19.3 Å². The Hall–Kier alpha value is -3.02. The average molecular weight is 314 g/mol. The van der Waals surface area contributed by atoms with Crippen LogP contribution in [0.25, 0.3) is 0 Å². The minimum absolute atomic E-state index is 0.130. The molecule has 1 aliphatic rings. The lowest BCUT2D eigenvalue weighted by Gasteiger charge is -2.08. The first-order chi connectivity index (χ1) is 11.0. The summed E-state index contributed by atoms with van der Waals surface area (Å²) in [6.45, 7) is 2.29. The van der Waals surface area contributed by atoms with E-state index >= 15 is 0 Å². The third-order valence-corrected chi connectivity index (χ3v) is 3.57. The predicted octanol–water partition coefficient (Wildman–Crippen LogP) is 3.28. The van der Waals surface area contributed by atoms with E-state index in [0.717, 1.165) is 5.56 Å². The van der Waals surface area contributed by atoms with Crippen molar-refractivity contribution in [1.29, 1.82) is 0 Å². The minimum Gasteiger partial charge on any atom is -0.450 e. The van der Waals surface area contributed by atoms with E-state index in [2.05, 4.69) is 4.74 Å². The quantitative estimate of drug-likeness (QED) is 0.691. The molecule has 0 spiro atoms. The molecule has 2 aromatic carbocycles. The van der Waals surface area contributed by atoms with Crippen molar-refractivity contribution in [3.8, 4) is 11.5 Å². The fourth-order valence-corrected chi connectivity index (χ4v) is 2.42. The second-order valence-electron chi connectivity index (χ2n) is 5.17. The van der Waals surface area contributed by atoms with Gasteiger partial charge >= 0.3 is 12.6 Å². The number of ketones is 1. The Balaban J connectivity index is 1.93. The van der Waals surface area contributed by atoms with E-state index in [1.807, 2.05) is 19.1 Å². The lowest BCUT2D eigenvalue weighted by molar-refractivity contribution is -0.147. The van der Waals surface area contributed by atoms with Crippen molar-refractivity contribution in [1.82, 2.24) is 0 Å². The van der Waals surface area contributed by atoms with Crippen molar-refractivity contribution >= 4 is 11.9 Å². The van der Waals surface area contributed by atoms with E-state index in [-0.39, 0.29) is 11.5 Å². The van der Waals surface area contributed by atoms with Crippen LogP contribution >= 0.6 is 0 Å². The normalized spacial score (nSPS) is 15.3. The van der Waals surface area contributed by atoms with E-state index < -0.39 is 12.6 Å². The van der Waals surface area contributed by atoms with E-state index in [4.69, 9.17) is 14.6 Å². The van der Waals surface area contributed by atoms with Gasteiger partial charge in [0.2, 0.25) is 0 Å². The zero-order chi connectivity index (χ0) is 16.6. The van der Waals surface area contributed by atoms with Crippen molar-refractivity contribution in [3.63, 3.8) is 0 Å². The molecule has 0 saturated carbocycles. The second kappa shape index (κ2) is 5.64. The van der Waals surface area contributed by atoms with E-state index in [1.54, 1.807) is 31.2 Å². The van der Waals surface area contributed by atoms with Crippen molar-refractivity contribution < 1.29 is 28.9 Å². The third kappa shape index (κ3) is 2.83. The standard InChI is InChI=1S/C17H14O6/c1-9-5-3-4-6-11(9)15(18)12-8-14-13(7-10(12)2)21-17(22-14)23-16(19)20/h3-8,17H,1-2H3,(H,19,20). The number of aryl methyl sites for hydroxylation is 2. The second-order valence-corrected chi connectivity index (χ2v) is 5.17. The Labute approximate surface area is 132 Å². The van der Waals surface area contributed by atoms with E-state index in [0.29, 0.717) is 22.4 Å². The van der Waals surface area contributed by atoms with Gasteiger partial charge in [-0.15, -0.1) is 0 Å². The summed E-state index contributed by atoms with van der Waals surface area (Å²) in [6, 6.07) is 10.5. The highest BCUT2D eigenvalue weighted by molar-refractivity contribution is 6.11.